The van der Waals surface area contributed by atoms with Gasteiger partial charge in [-0.3, -0.25) is 9.69 Å². The number of anilines is 1. The first-order chi connectivity index (χ1) is 13.2. The van der Waals surface area contributed by atoms with Crippen molar-refractivity contribution in [3.05, 3.63) is 54.2 Å². The van der Waals surface area contributed by atoms with Gasteiger partial charge in [0.15, 0.2) is 0 Å². The van der Waals surface area contributed by atoms with Crippen LogP contribution in [-0.2, 0) is 11.3 Å². The number of fused-ring (bicyclic) bond motifs is 1. The number of carbonyl (C=O) groups excluding carboxylic acids is 1. The first-order valence-corrected chi connectivity index (χ1v) is 9.13. The van der Waals surface area contributed by atoms with Crippen LogP contribution in [0.2, 0.25) is 0 Å². The molecule has 1 fully saturated rings. The number of piperazine rings is 1. The minimum absolute atomic E-state index is 0.0210. The molecule has 0 atom stereocenters. The van der Waals surface area contributed by atoms with Crippen LogP contribution in [0.25, 0.3) is 5.65 Å². The van der Waals surface area contributed by atoms with Crippen molar-refractivity contribution in [3.63, 3.8) is 0 Å². The molecule has 0 aromatic carbocycles. The van der Waals surface area contributed by atoms with Crippen molar-refractivity contribution in [3.8, 4) is 0 Å². The van der Waals surface area contributed by atoms with Crippen LogP contribution in [0.3, 0.4) is 0 Å². The Labute approximate surface area is 157 Å². The molecular formula is C19H23N7O. The van der Waals surface area contributed by atoms with Gasteiger partial charge in [-0.05, 0) is 24.6 Å². The summed E-state index contributed by atoms with van der Waals surface area (Å²) in [6.45, 7) is 6.17. The van der Waals surface area contributed by atoms with E-state index in [1.165, 1.54) is 5.56 Å². The van der Waals surface area contributed by atoms with Gasteiger partial charge in [-0.1, -0.05) is 6.07 Å². The fourth-order valence-corrected chi connectivity index (χ4v) is 3.25. The number of imidazole rings is 1. The molecule has 0 spiro atoms. The number of rotatable bonds is 5. The van der Waals surface area contributed by atoms with Crippen LogP contribution in [-0.4, -0.2) is 62.9 Å². The van der Waals surface area contributed by atoms with Crippen molar-refractivity contribution in [1.29, 1.82) is 0 Å². The van der Waals surface area contributed by atoms with Gasteiger partial charge < -0.3 is 14.6 Å². The number of hydrogen-bond acceptors (Lipinski definition) is 6. The number of nitrogens with one attached hydrogen (secondary N) is 1. The second kappa shape index (κ2) is 7.71. The Kier molecular flexibility index (Phi) is 4.97. The monoisotopic (exact) mass is 365 g/mol. The molecule has 4 heterocycles. The fraction of sp³-hybridized carbons (Fsp3) is 0.368. The quantitative estimate of drug-likeness (QED) is 0.723. The van der Waals surface area contributed by atoms with E-state index in [-0.39, 0.29) is 5.91 Å². The van der Waals surface area contributed by atoms with Crippen LogP contribution in [0.4, 0.5) is 5.95 Å². The number of aryl methyl sites for hydroxylation is 1. The van der Waals surface area contributed by atoms with Gasteiger partial charge in [-0.2, -0.15) is 0 Å². The molecule has 0 unspecified atom stereocenters. The normalized spacial score (nSPS) is 15.2. The predicted molar refractivity (Wildman–Crippen MR) is 102 cm³/mol. The van der Waals surface area contributed by atoms with E-state index in [1.807, 2.05) is 41.9 Å². The molecule has 3 aromatic rings. The average molecular weight is 365 g/mol. The van der Waals surface area contributed by atoms with Crippen molar-refractivity contribution in [2.75, 3.05) is 37.6 Å². The van der Waals surface area contributed by atoms with Crippen molar-refractivity contribution in [2.24, 2.45) is 0 Å². The molecule has 1 aliphatic rings. The lowest BCUT2D eigenvalue weighted by Gasteiger charge is -2.34. The molecule has 4 rings (SSSR count). The van der Waals surface area contributed by atoms with Crippen LogP contribution in [0.1, 0.15) is 11.3 Å². The first-order valence-electron chi connectivity index (χ1n) is 9.13. The number of nitrogens with zero attached hydrogens (tertiary/aromatic N) is 6. The van der Waals surface area contributed by atoms with Gasteiger partial charge >= 0.3 is 0 Å². The molecule has 27 heavy (non-hydrogen) atoms. The van der Waals surface area contributed by atoms with E-state index in [1.54, 1.807) is 12.4 Å². The second-order valence-electron chi connectivity index (χ2n) is 6.79. The standard InChI is InChI=1S/C19H23N7O/c1-15-3-4-17-23-16(13-26(17)12-15)11-22-18(27)14-24-7-9-25(10-8-24)19-20-5-2-6-21-19/h2-6,12-13H,7-11,14H2,1H3,(H,22,27). The molecule has 1 amide bonds. The molecule has 140 valence electrons. The molecular weight excluding hydrogens is 342 g/mol. The summed E-state index contributed by atoms with van der Waals surface area (Å²) in [5.74, 6) is 0.774. The average Bonchev–Trinajstić information content (AvgIpc) is 3.10. The highest BCUT2D eigenvalue weighted by Crippen LogP contribution is 2.10. The Morgan fingerprint density at radius 1 is 1.11 bits per heavy atom. The summed E-state index contributed by atoms with van der Waals surface area (Å²) in [6, 6.07) is 5.83. The topological polar surface area (TPSA) is 78.7 Å². The molecule has 1 saturated heterocycles. The molecule has 8 nitrogen and oxygen atoms in total. The maximum Gasteiger partial charge on any atom is 0.234 e. The summed E-state index contributed by atoms with van der Waals surface area (Å²) in [5, 5.41) is 2.97. The number of amides is 1. The predicted octanol–water partition coefficient (Wildman–Crippen LogP) is 0.871. The van der Waals surface area contributed by atoms with Crippen LogP contribution < -0.4 is 10.2 Å². The Hall–Kier alpha value is -3.00. The fourth-order valence-electron chi connectivity index (χ4n) is 3.25. The number of aromatic nitrogens is 4. The summed E-state index contributed by atoms with van der Waals surface area (Å²) in [5.41, 5.74) is 2.93. The minimum Gasteiger partial charge on any atom is -0.349 e. The number of hydrogen-bond donors (Lipinski definition) is 1. The van der Waals surface area contributed by atoms with Gasteiger partial charge in [0.05, 0.1) is 18.8 Å². The maximum absolute atomic E-state index is 12.3. The smallest absolute Gasteiger partial charge is 0.234 e. The van der Waals surface area contributed by atoms with E-state index >= 15 is 0 Å². The molecule has 0 aliphatic carbocycles. The number of pyridine rings is 1. The van der Waals surface area contributed by atoms with Gasteiger partial charge in [0, 0.05) is 51.0 Å². The lowest BCUT2D eigenvalue weighted by molar-refractivity contribution is -0.122. The van der Waals surface area contributed by atoms with Gasteiger partial charge in [0.1, 0.15) is 5.65 Å². The minimum atomic E-state index is 0.0210. The Bertz CT molecular complexity index is 916. The third-order valence-corrected chi connectivity index (χ3v) is 4.69. The van der Waals surface area contributed by atoms with Crippen molar-refractivity contribution in [1.82, 2.24) is 29.6 Å². The van der Waals surface area contributed by atoms with Gasteiger partial charge in [-0.15, -0.1) is 0 Å². The van der Waals surface area contributed by atoms with E-state index in [9.17, 15) is 4.79 Å². The van der Waals surface area contributed by atoms with E-state index in [4.69, 9.17) is 0 Å². The largest absolute Gasteiger partial charge is 0.349 e. The van der Waals surface area contributed by atoms with Crippen LogP contribution in [0, 0.1) is 6.92 Å². The highest BCUT2D eigenvalue weighted by atomic mass is 16.2. The zero-order valence-corrected chi connectivity index (χ0v) is 15.4. The van der Waals surface area contributed by atoms with Gasteiger partial charge in [-0.25, -0.2) is 15.0 Å². The zero-order valence-electron chi connectivity index (χ0n) is 15.4. The van der Waals surface area contributed by atoms with Crippen LogP contribution in [0.15, 0.2) is 43.0 Å². The highest BCUT2D eigenvalue weighted by Gasteiger charge is 2.20. The van der Waals surface area contributed by atoms with E-state index in [0.29, 0.717) is 13.1 Å². The van der Waals surface area contributed by atoms with Crippen molar-refractivity contribution in [2.45, 2.75) is 13.5 Å². The first kappa shape index (κ1) is 17.4. The van der Waals surface area contributed by atoms with E-state index < -0.39 is 0 Å². The maximum atomic E-state index is 12.3. The Morgan fingerprint density at radius 2 is 1.89 bits per heavy atom. The molecule has 8 heteroatoms. The summed E-state index contributed by atoms with van der Waals surface area (Å²) < 4.78 is 1.99. The molecule has 1 aliphatic heterocycles. The lowest BCUT2D eigenvalue weighted by atomic mass is 10.3. The molecule has 0 radical (unpaired) electrons. The van der Waals surface area contributed by atoms with E-state index in [0.717, 1.165) is 43.5 Å². The van der Waals surface area contributed by atoms with E-state index in [2.05, 4.69) is 30.1 Å². The second-order valence-corrected chi connectivity index (χ2v) is 6.79. The summed E-state index contributed by atoms with van der Waals surface area (Å²) >= 11 is 0. The molecule has 3 aromatic heterocycles. The third-order valence-electron chi connectivity index (χ3n) is 4.69. The summed E-state index contributed by atoms with van der Waals surface area (Å²) in [7, 11) is 0. The number of carbonyl (C=O) groups is 1. The van der Waals surface area contributed by atoms with Crippen LogP contribution >= 0.6 is 0 Å². The molecule has 0 bridgehead atoms. The molecule has 1 N–H and O–H groups in total. The SMILES string of the molecule is Cc1ccc2nc(CNC(=O)CN3CCN(c4ncccn4)CC3)cn2c1. The summed E-state index contributed by atoms with van der Waals surface area (Å²) in [4.78, 5) is 29.7. The summed E-state index contributed by atoms with van der Waals surface area (Å²) in [6.07, 6.45) is 7.50. The molecule has 0 saturated carbocycles. The zero-order chi connectivity index (χ0) is 18.6. The Morgan fingerprint density at radius 3 is 2.67 bits per heavy atom. The van der Waals surface area contributed by atoms with Gasteiger partial charge in [0.25, 0.3) is 0 Å². The Balaban J connectivity index is 1.25. The van der Waals surface area contributed by atoms with Gasteiger partial charge in [0.2, 0.25) is 11.9 Å². The van der Waals surface area contributed by atoms with Crippen LogP contribution in [0.5, 0.6) is 0 Å². The van der Waals surface area contributed by atoms with Crippen molar-refractivity contribution < 1.29 is 4.79 Å². The van der Waals surface area contributed by atoms with Crippen molar-refractivity contribution >= 4 is 17.5 Å². The lowest BCUT2D eigenvalue weighted by Crippen LogP contribution is -2.49. The highest BCUT2D eigenvalue weighted by molar-refractivity contribution is 5.78. The third kappa shape index (κ3) is 4.22.